The lowest BCUT2D eigenvalue weighted by Gasteiger charge is -2.17. The number of hydrogen-bond acceptors (Lipinski definition) is 5. The Morgan fingerprint density at radius 3 is 2.32 bits per heavy atom. The van der Waals surface area contributed by atoms with Crippen molar-refractivity contribution >= 4 is 21.6 Å². The van der Waals surface area contributed by atoms with Gasteiger partial charge in [-0.15, -0.1) is 0 Å². The van der Waals surface area contributed by atoms with E-state index in [1.54, 1.807) is 18.2 Å². The molecule has 1 N–H and O–H groups in total. The van der Waals surface area contributed by atoms with Gasteiger partial charge in [0.1, 0.15) is 5.82 Å². The molecule has 28 heavy (non-hydrogen) atoms. The van der Waals surface area contributed by atoms with Crippen LogP contribution in [0.5, 0.6) is 11.5 Å². The molecule has 0 saturated carbocycles. The molecule has 9 heteroatoms. The summed E-state index contributed by atoms with van der Waals surface area (Å²) in [5.74, 6) is 0.284. The van der Waals surface area contributed by atoms with Crippen molar-refractivity contribution in [1.82, 2.24) is 4.31 Å². The zero-order valence-electron chi connectivity index (χ0n) is 15.9. The highest BCUT2D eigenvalue weighted by Gasteiger charge is 2.20. The molecule has 0 spiro atoms. The van der Waals surface area contributed by atoms with E-state index < -0.39 is 15.8 Å². The second-order valence-corrected chi connectivity index (χ2v) is 8.05. The molecule has 1 amide bonds. The van der Waals surface area contributed by atoms with E-state index in [4.69, 9.17) is 9.47 Å². The van der Waals surface area contributed by atoms with Crippen molar-refractivity contribution in [2.75, 3.05) is 33.1 Å². The Labute approximate surface area is 164 Å². The third-order valence-corrected chi connectivity index (χ3v) is 5.94. The molecule has 0 aliphatic rings. The molecule has 0 aliphatic heterocycles. The number of nitrogens with one attached hydrogen (secondary N) is 1. The van der Waals surface area contributed by atoms with Crippen molar-refractivity contribution in [2.45, 2.75) is 17.7 Å². The SMILES string of the molecule is COc1ccc(NC(=O)CCCN(C)S(=O)(=O)c2ccc(F)cc2)cc1OC. The van der Waals surface area contributed by atoms with Crippen LogP contribution in [0.25, 0.3) is 0 Å². The Kier molecular flexibility index (Phi) is 7.36. The summed E-state index contributed by atoms with van der Waals surface area (Å²) in [6, 6.07) is 9.62. The molecule has 0 unspecified atom stereocenters. The Morgan fingerprint density at radius 2 is 1.71 bits per heavy atom. The molecule has 2 aromatic rings. The highest BCUT2D eigenvalue weighted by molar-refractivity contribution is 7.89. The third-order valence-electron chi connectivity index (χ3n) is 4.07. The van der Waals surface area contributed by atoms with Gasteiger partial charge in [0.15, 0.2) is 11.5 Å². The molecule has 0 atom stereocenters. The minimum Gasteiger partial charge on any atom is -0.493 e. The highest BCUT2D eigenvalue weighted by atomic mass is 32.2. The topological polar surface area (TPSA) is 84.9 Å². The van der Waals surface area contributed by atoms with Gasteiger partial charge in [-0.05, 0) is 42.8 Å². The maximum Gasteiger partial charge on any atom is 0.242 e. The molecule has 152 valence electrons. The van der Waals surface area contributed by atoms with Crippen LogP contribution in [-0.4, -0.2) is 46.4 Å². The van der Waals surface area contributed by atoms with Crippen LogP contribution in [-0.2, 0) is 14.8 Å². The van der Waals surface area contributed by atoms with E-state index in [9.17, 15) is 17.6 Å². The van der Waals surface area contributed by atoms with Crippen molar-refractivity contribution < 1.29 is 27.1 Å². The summed E-state index contributed by atoms with van der Waals surface area (Å²) in [6.45, 7) is 0.152. The fourth-order valence-electron chi connectivity index (χ4n) is 2.51. The lowest BCUT2D eigenvalue weighted by atomic mass is 10.2. The fourth-order valence-corrected chi connectivity index (χ4v) is 3.72. The Balaban J connectivity index is 1.88. The number of ether oxygens (including phenoxy) is 2. The summed E-state index contributed by atoms with van der Waals surface area (Å²) < 4.78 is 49.3. The predicted octanol–water partition coefficient (Wildman–Crippen LogP) is 2.88. The third kappa shape index (κ3) is 5.43. The number of benzene rings is 2. The van der Waals surface area contributed by atoms with Crippen molar-refractivity contribution in [3.8, 4) is 11.5 Å². The first-order chi connectivity index (χ1) is 13.3. The smallest absolute Gasteiger partial charge is 0.242 e. The van der Waals surface area contributed by atoms with Gasteiger partial charge in [-0.25, -0.2) is 17.1 Å². The van der Waals surface area contributed by atoms with Crippen molar-refractivity contribution in [3.05, 3.63) is 48.3 Å². The quantitative estimate of drug-likeness (QED) is 0.687. The molecule has 7 nitrogen and oxygen atoms in total. The molecule has 0 saturated heterocycles. The van der Waals surface area contributed by atoms with Crippen LogP contribution < -0.4 is 14.8 Å². The van der Waals surface area contributed by atoms with Crippen molar-refractivity contribution in [3.63, 3.8) is 0 Å². The number of nitrogens with zero attached hydrogens (tertiary/aromatic N) is 1. The Bertz CT molecular complexity index is 916. The zero-order chi connectivity index (χ0) is 20.7. The lowest BCUT2D eigenvalue weighted by molar-refractivity contribution is -0.116. The molecule has 0 aliphatic carbocycles. The first kappa shape index (κ1) is 21.6. The summed E-state index contributed by atoms with van der Waals surface area (Å²) in [7, 11) is 0.718. The standard InChI is InChI=1S/C19H23FN2O5S/c1-22(28(24,25)16-9-6-14(20)7-10-16)12-4-5-19(23)21-15-8-11-17(26-2)18(13-15)27-3/h6-11,13H,4-5,12H2,1-3H3,(H,21,23). The van der Waals surface area contributed by atoms with Gasteiger partial charge >= 0.3 is 0 Å². The van der Waals surface area contributed by atoms with Gasteiger partial charge in [0.2, 0.25) is 15.9 Å². The van der Waals surface area contributed by atoms with Crippen LogP contribution in [0.1, 0.15) is 12.8 Å². The second kappa shape index (κ2) is 9.52. The van der Waals surface area contributed by atoms with Crippen molar-refractivity contribution in [1.29, 1.82) is 0 Å². The van der Waals surface area contributed by atoms with Crippen LogP contribution in [0, 0.1) is 5.82 Å². The molecule has 2 aromatic carbocycles. The number of sulfonamides is 1. The minimum absolute atomic E-state index is 0.00572. The number of methoxy groups -OCH3 is 2. The molecule has 2 rings (SSSR count). The summed E-state index contributed by atoms with van der Waals surface area (Å²) >= 11 is 0. The maximum absolute atomic E-state index is 13.0. The summed E-state index contributed by atoms with van der Waals surface area (Å²) in [5, 5.41) is 2.73. The molecular weight excluding hydrogens is 387 g/mol. The zero-order valence-corrected chi connectivity index (χ0v) is 16.8. The molecule has 0 heterocycles. The van der Waals surface area contributed by atoms with Gasteiger partial charge in [-0.2, -0.15) is 0 Å². The largest absolute Gasteiger partial charge is 0.493 e. The summed E-state index contributed by atoms with van der Waals surface area (Å²) in [4.78, 5) is 12.1. The van der Waals surface area contributed by atoms with E-state index in [1.165, 1.54) is 33.4 Å². The molecule has 0 fully saturated rings. The monoisotopic (exact) mass is 410 g/mol. The Hall–Kier alpha value is -2.65. The number of rotatable bonds is 9. The van der Waals surface area contributed by atoms with Crippen LogP contribution in [0.2, 0.25) is 0 Å². The van der Waals surface area contributed by atoms with Gasteiger partial charge < -0.3 is 14.8 Å². The minimum atomic E-state index is -3.72. The van der Waals surface area contributed by atoms with E-state index in [0.29, 0.717) is 23.6 Å². The number of carbonyl (C=O) groups excluding carboxylic acids is 1. The van der Waals surface area contributed by atoms with Gasteiger partial charge in [-0.1, -0.05) is 0 Å². The van der Waals surface area contributed by atoms with Gasteiger partial charge in [0, 0.05) is 31.8 Å². The first-order valence-electron chi connectivity index (χ1n) is 8.51. The van der Waals surface area contributed by atoms with Gasteiger partial charge in [-0.3, -0.25) is 4.79 Å². The molecule has 0 bridgehead atoms. The maximum atomic E-state index is 13.0. The van der Waals surface area contributed by atoms with Gasteiger partial charge in [0.25, 0.3) is 0 Å². The fraction of sp³-hybridized carbons (Fsp3) is 0.316. The number of amides is 1. The van der Waals surface area contributed by atoms with Crippen LogP contribution >= 0.6 is 0 Å². The molecular formula is C19H23FN2O5S. The van der Waals surface area contributed by atoms with Gasteiger partial charge in [0.05, 0.1) is 19.1 Å². The summed E-state index contributed by atoms with van der Waals surface area (Å²) in [5.41, 5.74) is 0.551. The van der Waals surface area contributed by atoms with E-state index >= 15 is 0 Å². The first-order valence-corrected chi connectivity index (χ1v) is 9.95. The second-order valence-electron chi connectivity index (χ2n) is 6.00. The number of halogens is 1. The number of hydrogen-bond donors (Lipinski definition) is 1. The van der Waals surface area contributed by atoms with Crippen LogP contribution in [0.15, 0.2) is 47.4 Å². The average molecular weight is 410 g/mol. The van der Waals surface area contributed by atoms with Crippen LogP contribution in [0.3, 0.4) is 0 Å². The average Bonchev–Trinajstić information content (AvgIpc) is 2.68. The molecule has 0 aromatic heterocycles. The number of carbonyl (C=O) groups is 1. The van der Waals surface area contributed by atoms with Crippen LogP contribution in [0.4, 0.5) is 10.1 Å². The molecule has 0 radical (unpaired) electrons. The van der Waals surface area contributed by atoms with E-state index in [2.05, 4.69) is 5.32 Å². The predicted molar refractivity (Wildman–Crippen MR) is 104 cm³/mol. The van der Waals surface area contributed by atoms with E-state index in [0.717, 1.165) is 16.4 Å². The summed E-state index contributed by atoms with van der Waals surface area (Å²) in [6.07, 6.45) is 0.466. The van der Waals surface area contributed by atoms with E-state index in [-0.39, 0.29) is 23.8 Å². The van der Waals surface area contributed by atoms with E-state index in [1.807, 2.05) is 0 Å². The highest BCUT2D eigenvalue weighted by Crippen LogP contribution is 2.29. The number of anilines is 1. The Morgan fingerprint density at radius 1 is 1.07 bits per heavy atom. The lowest BCUT2D eigenvalue weighted by Crippen LogP contribution is -2.28. The normalized spacial score (nSPS) is 11.3. The van der Waals surface area contributed by atoms with Crippen molar-refractivity contribution in [2.24, 2.45) is 0 Å².